The lowest BCUT2D eigenvalue weighted by atomic mass is 10.0. The average Bonchev–Trinajstić information content (AvgIpc) is 3.35. The van der Waals surface area contributed by atoms with E-state index < -0.39 is 0 Å². The number of ether oxygens (including phenoxy) is 1. The molecule has 0 amide bonds. The van der Waals surface area contributed by atoms with E-state index >= 15 is 0 Å². The molecule has 33 heavy (non-hydrogen) atoms. The monoisotopic (exact) mass is 455 g/mol. The van der Waals surface area contributed by atoms with Gasteiger partial charge in [-0.3, -0.25) is 4.79 Å². The number of hydrogen-bond donors (Lipinski definition) is 0. The molecular formula is C27H22ClN3O2. The van der Waals surface area contributed by atoms with Gasteiger partial charge in [-0.05, 0) is 47.0 Å². The molecule has 0 saturated heterocycles. The summed E-state index contributed by atoms with van der Waals surface area (Å²) in [4.78, 5) is 16.8. The number of rotatable bonds is 6. The van der Waals surface area contributed by atoms with Crippen LogP contribution in [0.15, 0.2) is 102 Å². The highest BCUT2D eigenvalue weighted by molar-refractivity contribution is 6.30. The summed E-state index contributed by atoms with van der Waals surface area (Å²) in [5.41, 5.74) is 3.54. The van der Waals surface area contributed by atoms with Gasteiger partial charge >= 0.3 is 0 Å². The first-order chi connectivity index (χ1) is 16.1. The number of benzene rings is 3. The quantitative estimate of drug-likeness (QED) is 0.321. The molecular weight excluding hydrogens is 434 g/mol. The van der Waals surface area contributed by atoms with Crippen LogP contribution < -0.4 is 10.3 Å². The van der Waals surface area contributed by atoms with Crippen LogP contribution in [-0.4, -0.2) is 14.1 Å². The molecule has 0 spiro atoms. The third-order valence-electron chi connectivity index (χ3n) is 5.74. The van der Waals surface area contributed by atoms with E-state index in [1.165, 1.54) is 0 Å². The van der Waals surface area contributed by atoms with Crippen LogP contribution in [0, 0.1) is 0 Å². The molecule has 5 aromatic rings. The molecule has 0 aliphatic heterocycles. The Balaban J connectivity index is 1.60. The van der Waals surface area contributed by atoms with E-state index in [1.54, 1.807) is 30.2 Å². The van der Waals surface area contributed by atoms with Crippen molar-refractivity contribution in [2.24, 2.45) is 7.05 Å². The first-order valence-electron chi connectivity index (χ1n) is 10.7. The Morgan fingerprint density at radius 1 is 1.00 bits per heavy atom. The highest BCUT2D eigenvalue weighted by atomic mass is 35.5. The van der Waals surface area contributed by atoms with Crippen molar-refractivity contribution >= 4 is 22.5 Å². The number of pyridine rings is 1. The molecule has 0 aliphatic carbocycles. The minimum Gasteiger partial charge on any atom is -0.484 e. The Kier molecular flexibility index (Phi) is 5.71. The second kappa shape index (κ2) is 8.96. The molecule has 0 saturated carbocycles. The zero-order valence-corrected chi connectivity index (χ0v) is 18.8. The standard InChI is InChI=1S/C27H22ClN3O2/c1-30-25-11-10-22(15-24(25)23(16-27(30)32)20-8-5-9-21(28)14-20)33-26(17-31-13-12-29-18-31)19-6-3-2-4-7-19/h2-16,18,26H,17H2,1H3. The SMILES string of the molecule is Cn1c(=O)cc(-c2cccc(Cl)c2)c2cc(OC(Cn3ccnc3)c3ccccc3)ccc21. The lowest BCUT2D eigenvalue weighted by Gasteiger charge is -2.21. The molecule has 5 nitrogen and oxygen atoms in total. The fourth-order valence-corrected chi connectivity index (χ4v) is 4.23. The van der Waals surface area contributed by atoms with Crippen molar-refractivity contribution < 1.29 is 4.74 Å². The van der Waals surface area contributed by atoms with Crippen LogP contribution >= 0.6 is 11.6 Å². The van der Waals surface area contributed by atoms with E-state index in [9.17, 15) is 4.79 Å². The topological polar surface area (TPSA) is 49.0 Å². The lowest BCUT2D eigenvalue weighted by molar-refractivity contribution is 0.183. The minimum absolute atomic E-state index is 0.0755. The molecule has 0 fully saturated rings. The number of fused-ring (bicyclic) bond motifs is 1. The Bertz CT molecular complexity index is 1460. The Morgan fingerprint density at radius 2 is 1.85 bits per heavy atom. The first-order valence-corrected chi connectivity index (χ1v) is 11.0. The third-order valence-corrected chi connectivity index (χ3v) is 5.97. The molecule has 2 heterocycles. The van der Waals surface area contributed by atoms with E-state index in [0.29, 0.717) is 11.6 Å². The van der Waals surface area contributed by atoms with Crippen molar-refractivity contribution in [2.45, 2.75) is 12.6 Å². The van der Waals surface area contributed by atoms with Crippen molar-refractivity contribution in [3.8, 4) is 16.9 Å². The summed E-state index contributed by atoms with van der Waals surface area (Å²) < 4.78 is 10.2. The van der Waals surface area contributed by atoms with Crippen molar-refractivity contribution in [1.82, 2.24) is 14.1 Å². The maximum absolute atomic E-state index is 12.6. The van der Waals surface area contributed by atoms with Crippen LogP contribution in [-0.2, 0) is 13.6 Å². The predicted octanol–water partition coefficient (Wildman–Crippen LogP) is 5.88. The summed E-state index contributed by atoms with van der Waals surface area (Å²) in [6, 6.07) is 25.1. The summed E-state index contributed by atoms with van der Waals surface area (Å²) >= 11 is 6.24. The number of hydrogen-bond acceptors (Lipinski definition) is 3. The minimum atomic E-state index is -0.208. The van der Waals surface area contributed by atoms with Gasteiger partial charge in [-0.15, -0.1) is 0 Å². The van der Waals surface area contributed by atoms with Gasteiger partial charge < -0.3 is 13.9 Å². The smallest absolute Gasteiger partial charge is 0.251 e. The lowest BCUT2D eigenvalue weighted by Crippen LogP contribution is -2.17. The number of aromatic nitrogens is 3. The molecule has 1 atom stereocenters. The average molecular weight is 456 g/mol. The number of halogens is 1. The number of aryl methyl sites for hydroxylation is 1. The normalized spacial score (nSPS) is 12.1. The second-order valence-corrected chi connectivity index (χ2v) is 8.36. The summed E-state index contributed by atoms with van der Waals surface area (Å²) in [7, 11) is 1.78. The third kappa shape index (κ3) is 4.41. The second-order valence-electron chi connectivity index (χ2n) is 7.92. The summed E-state index contributed by atoms with van der Waals surface area (Å²) in [5, 5.41) is 1.55. The molecule has 2 aromatic heterocycles. The largest absolute Gasteiger partial charge is 0.484 e. The van der Waals surface area contributed by atoms with Crippen LogP contribution in [0.25, 0.3) is 22.0 Å². The Labute approximate surface area is 196 Å². The predicted molar refractivity (Wildman–Crippen MR) is 132 cm³/mol. The first kappa shape index (κ1) is 21.0. The van der Waals surface area contributed by atoms with Gasteiger partial charge in [0.05, 0.1) is 18.4 Å². The molecule has 0 radical (unpaired) electrons. The molecule has 0 bridgehead atoms. The van der Waals surface area contributed by atoms with Gasteiger partial charge in [-0.2, -0.15) is 0 Å². The van der Waals surface area contributed by atoms with Crippen molar-refractivity contribution in [2.75, 3.05) is 0 Å². The fourth-order valence-electron chi connectivity index (χ4n) is 4.04. The highest BCUT2D eigenvalue weighted by Gasteiger charge is 2.16. The molecule has 0 aliphatic rings. The van der Waals surface area contributed by atoms with Crippen LogP contribution in [0.1, 0.15) is 11.7 Å². The maximum atomic E-state index is 12.6. The molecule has 1 unspecified atom stereocenters. The van der Waals surface area contributed by atoms with Gasteiger partial charge in [0.2, 0.25) is 0 Å². The maximum Gasteiger partial charge on any atom is 0.251 e. The summed E-state index contributed by atoms with van der Waals surface area (Å²) in [5.74, 6) is 0.721. The van der Waals surface area contributed by atoms with Crippen molar-refractivity contribution in [3.05, 3.63) is 119 Å². The zero-order valence-electron chi connectivity index (χ0n) is 18.1. The molecule has 6 heteroatoms. The fraction of sp³-hybridized carbons (Fsp3) is 0.111. The van der Waals surface area contributed by atoms with Gasteiger partial charge in [-0.25, -0.2) is 4.98 Å². The van der Waals surface area contributed by atoms with E-state index in [0.717, 1.165) is 33.3 Å². The Morgan fingerprint density at radius 3 is 2.61 bits per heavy atom. The van der Waals surface area contributed by atoms with Crippen LogP contribution in [0.2, 0.25) is 5.02 Å². The molecule has 0 N–H and O–H groups in total. The number of nitrogens with zero attached hydrogens (tertiary/aromatic N) is 3. The van der Waals surface area contributed by atoms with Crippen LogP contribution in [0.4, 0.5) is 0 Å². The summed E-state index contributed by atoms with van der Waals surface area (Å²) in [6.07, 6.45) is 5.26. The van der Waals surface area contributed by atoms with Crippen molar-refractivity contribution in [1.29, 1.82) is 0 Å². The van der Waals surface area contributed by atoms with Gasteiger partial charge in [0.25, 0.3) is 5.56 Å². The molecule has 164 valence electrons. The van der Waals surface area contributed by atoms with Gasteiger partial charge in [0.15, 0.2) is 0 Å². The molecule has 3 aromatic carbocycles. The van der Waals surface area contributed by atoms with E-state index in [-0.39, 0.29) is 11.7 Å². The van der Waals surface area contributed by atoms with Crippen molar-refractivity contribution in [3.63, 3.8) is 0 Å². The van der Waals surface area contributed by atoms with Gasteiger partial charge in [0, 0.05) is 35.9 Å². The number of imidazole rings is 1. The highest BCUT2D eigenvalue weighted by Crippen LogP contribution is 2.33. The van der Waals surface area contributed by atoms with E-state index in [1.807, 2.05) is 71.4 Å². The van der Waals surface area contributed by atoms with E-state index in [4.69, 9.17) is 16.3 Å². The van der Waals surface area contributed by atoms with Gasteiger partial charge in [-0.1, -0.05) is 54.1 Å². The Hall–Kier alpha value is -3.83. The van der Waals surface area contributed by atoms with Gasteiger partial charge in [0.1, 0.15) is 11.9 Å². The van der Waals surface area contributed by atoms with E-state index in [2.05, 4.69) is 17.1 Å². The summed E-state index contributed by atoms with van der Waals surface area (Å²) in [6.45, 7) is 0.622. The molecule has 5 rings (SSSR count). The van der Waals surface area contributed by atoms with Crippen LogP contribution in [0.5, 0.6) is 5.75 Å². The van der Waals surface area contributed by atoms with Crippen LogP contribution in [0.3, 0.4) is 0 Å². The zero-order chi connectivity index (χ0) is 22.8.